The average molecular weight is 391 g/mol. The minimum absolute atomic E-state index is 0.00863. The van der Waals surface area contributed by atoms with E-state index in [2.05, 4.69) is 0 Å². The van der Waals surface area contributed by atoms with Gasteiger partial charge in [0.05, 0.1) is 6.54 Å². The Labute approximate surface area is 165 Å². The molecule has 0 atom stereocenters. The van der Waals surface area contributed by atoms with Crippen LogP contribution in [-0.2, 0) is 16.1 Å². The Morgan fingerprint density at radius 3 is 2.59 bits per heavy atom. The molecule has 1 heterocycles. The lowest BCUT2D eigenvalue weighted by Crippen LogP contribution is -2.43. The summed E-state index contributed by atoms with van der Waals surface area (Å²) in [6, 6.07) is 7.87. The number of carbonyl (C=O) groups is 2. The van der Waals surface area contributed by atoms with Gasteiger partial charge in [-0.1, -0.05) is 35.9 Å². The van der Waals surface area contributed by atoms with Gasteiger partial charge in [-0.3, -0.25) is 4.79 Å². The molecule has 146 valence electrons. The summed E-state index contributed by atoms with van der Waals surface area (Å²) in [5.74, 6) is -0.00863. The highest BCUT2D eigenvalue weighted by Gasteiger charge is 2.36. The van der Waals surface area contributed by atoms with Gasteiger partial charge in [-0.15, -0.1) is 0 Å². The number of carbonyl (C=O) groups excluding carboxylic acids is 2. The monoisotopic (exact) mass is 390 g/mol. The minimum atomic E-state index is -0.549. The topological polar surface area (TPSA) is 49.9 Å². The second-order valence-electron chi connectivity index (χ2n) is 8.18. The summed E-state index contributed by atoms with van der Waals surface area (Å²) in [6.07, 6.45) is 4.26. The summed E-state index contributed by atoms with van der Waals surface area (Å²) >= 11 is 6.29. The van der Waals surface area contributed by atoms with E-state index in [1.807, 2.05) is 56.0 Å². The number of nitrogens with zero attached hydrogens (tertiary/aromatic N) is 2. The third-order valence-electron chi connectivity index (χ3n) is 4.62. The van der Waals surface area contributed by atoms with Gasteiger partial charge in [0.2, 0.25) is 0 Å². The zero-order valence-corrected chi connectivity index (χ0v) is 17.0. The van der Waals surface area contributed by atoms with Gasteiger partial charge in [0.25, 0.3) is 5.91 Å². The third-order valence-corrected chi connectivity index (χ3v) is 4.99. The van der Waals surface area contributed by atoms with Crippen LogP contribution in [0.2, 0.25) is 5.02 Å². The van der Waals surface area contributed by atoms with Crippen LogP contribution in [0.1, 0.15) is 45.6 Å². The first-order valence-electron chi connectivity index (χ1n) is 9.46. The predicted molar refractivity (Wildman–Crippen MR) is 106 cm³/mol. The minimum Gasteiger partial charge on any atom is -0.444 e. The Morgan fingerprint density at radius 2 is 1.96 bits per heavy atom. The number of amides is 2. The van der Waals surface area contributed by atoms with Crippen molar-refractivity contribution in [3.05, 3.63) is 46.5 Å². The van der Waals surface area contributed by atoms with Gasteiger partial charge in [-0.05, 0) is 51.7 Å². The summed E-state index contributed by atoms with van der Waals surface area (Å²) in [5.41, 5.74) is 1.05. The first-order chi connectivity index (χ1) is 12.7. The molecule has 5 nitrogen and oxygen atoms in total. The normalized spacial score (nSPS) is 17.3. The molecule has 3 rings (SSSR count). The molecule has 1 aliphatic heterocycles. The molecule has 0 N–H and O–H groups in total. The smallest absolute Gasteiger partial charge is 0.410 e. The SMILES string of the molecule is CC(C)(C)OC(=O)N1CCC=C(C(=O)N(Cc2ccccc2Cl)C2CC2)C1. The van der Waals surface area contributed by atoms with E-state index >= 15 is 0 Å². The van der Waals surface area contributed by atoms with Crippen molar-refractivity contribution >= 4 is 23.6 Å². The van der Waals surface area contributed by atoms with Crippen molar-refractivity contribution in [2.75, 3.05) is 13.1 Å². The van der Waals surface area contributed by atoms with Gasteiger partial charge in [0.15, 0.2) is 0 Å². The molecule has 0 aromatic heterocycles. The second-order valence-corrected chi connectivity index (χ2v) is 8.58. The summed E-state index contributed by atoms with van der Waals surface area (Å²) in [4.78, 5) is 29.1. The molecular formula is C21H27ClN2O3. The molecule has 2 amide bonds. The van der Waals surface area contributed by atoms with Gasteiger partial charge in [-0.2, -0.15) is 0 Å². The van der Waals surface area contributed by atoms with Crippen LogP contribution < -0.4 is 0 Å². The second kappa shape index (κ2) is 7.93. The molecule has 0 saturated heterocycles. The average Bonchev–Trinajstić information content (AvgIpc) is 3.44. The molecule has 0 spiro atoms. The highest BCUT2D eigenvalue weighted by Crippen LogP contribution is 2.31. The fourth-order valence-electron chi connectivity index (χ4n) is 3.13. The van der Waals surface area contributed by atoms with E-state index < -0.39 is 5.60 Å². The fraction of sp³-hybridized carbons (Fsp3) is 0.524. The molecule has 1 aromatic carbocycles. The molecule has 0 radical (unpaired) electrons. The predicted octanol–water partition coefficient (Wildman–Crippen LogP) is 4.40. The van der Waals surface area contributed by atoms with Crippen molar-refractivity contribution in [2.45, 2.75) is 58.2 Å². The van der Waals surface area contributed by atoms with Crippen molar-refractivity contribution in [3.63, 3.8) is 0 Å². The van der Waals surface area contributed by atoms with Crippen LogP contribution in [0.15, 0.2) is 35.9 Å². The van der Waals surface area contributed by atoms with E-state index in [9.17, 15) is 9.59 Å². The van der Waals surface area contributed by atoms with Crippen LogP contribution in [0.5, 0.6) is 0 Å². The van der Waals surface area contributed by atoms with E-state index in [1.54, 1.807) is 4.90 Å². The summed E-state index contributed by atoms with van der Waals surface area (Å²) in [7, 11) is 0. The zero-order chi connectivity index (χ0) is 19.6. The van der Waals surface area contributed by atoms with Crippen LogP contribution in [0.4, 0.5) is 4.79 Å². The van der Waals surface area contributed by atoms with Gasteiger partial charge in [0, 0.05) is 29.7 Å². The first kappa shape index (κ1) is 19.7. The maximum atomic E-state index is 13.2. The summed E-state index contributed by atoms with van der Waals surface area (Å²) < 4.78 is 5.45. The molecular weight excluding hydrogens is 364 g/mol. The molecule has 27 heavy (non-hydrogen) atoms. The number of hydrogen-bond acceptors (Lipinski definition) is 3. The Balaban J connectivity index is 1.70. The van der Waals surface area contributed by atoms with Gasteiger partial charge < -0.3 is 14.5 Å². The van der Waals surface area contributed by atoms with Crippen LogP contribution in [0.25, 0.3) is 0 Å². The van der Waals surface area contributed by atoms with Crippen LogP contribution in [0.3, 0.4) is 0 Å². The largest absolute Gasteiger partial charge is 0.444 e. The molecule has 1 aromatic rings. The van der Waals surface area contributed by atoms with Gasteiger partial charge in [0.1, 0.15) is 5.60 Å². The van der Waals surface area contributed by atoms with Crippen molar-refractivity contribution in [1.82, 2.24) is 9.80 Å². The van der Waals surface area contributed by atoms with Gasteiger partial charge >= 0.3 is 6.09 Å². The van der Waals surface area contributed by atoms with Crippen molar-refractivity contribution in [1.29, 1.82) is 0 Å². The maximum Gasteiger partial charge on any atom is 0.410 e. The molecule has 6 heteroatoms. The van der Waals surface area contributed by atoms with Crippen LogP contribution in [-0.4, -0.2) is 46.5 Å². The third kappa shape index (κ3) is 5.25. The maximum absolute atomic E-state index is 13.2. The summed E-state index contributed by atoms with van der Waals surface area (Å²) in [5, 5.41) is 0.670. The lowest BCUT2D eigenvalue weighted by atomic mass is 10.1. The molecule has 2 aliphatic rings. The number of hydrogen-bond donors (Lipinski definition) is 0. The summed E-state index contributed by atoms with van der Waals surface area (Å²) in [6.45, 7) is 6.88. The Morgan fingerprint density at radius 1 is 1.26 bits per heavy atom. The first-order valence-corrected chi connectivity index (χ1v) is 9.84. The zero-order valence-electron chi connectivity index (χ0n) is 16.2. The van der Waals surface area contributed by atoms with Crippen LogP contribution in [0, 0.1) is 0 Å². The Bertz CT molecular complexity index is 750. The standard InChI is InChI=1S/C21H27ClN2O3/c1-21(2,3)27-20(26)23-12-6-8-16(13-23)19(25)24(17-10-11-17)14-15-7-4-5-9-18(15)22/h4-5,7-9,17H,6,10-14H2,1-3H3. The molecule has 0 bridgehead atoms. The number of ether oxygens (including phenoxy) is 1. The fourth-order valence-corrected chi connectivity index (χ4v) is 3.32. The van der Waals surface area contributed by atoms with Crippen molar-refractivity contribution < 1.29 is 14.3 Å². The van der Waals surface area contributed by atoms with Crippen LogP contribution >= 0.6 is 11.6 Å². The van der Waals surface area contributed by atoms with Crippen molar-refractivity contribution in [2.24, 2.45) is 0 Å². The quantitative estimate of drug-likeness (QED) is 0.765. The Kier molecular flexibility index (Phi) is 5.80. The molecule has 1 fully saturated rings. The molecule has 1 saturated carbocycles. The number of rotatable bonds is 4. The van der Waals surface area contributed by atoms with E-state index in [1.165, 1.54) is 0 Å². The lowest BCUT2D eigenvalue weighted by molar-refractivity contribution is -0.128. The van der Waals surface area contributed by atoms with E-state index in [-0.39, 0.29) is 18.0 Å². The van der Waals surface area contributed by atoms with E-state index in [4.69, 9.17) is 16.3 Å². The lowest BCUT2D eigenvalue weighted by Gasteiger charge is -2.32. The molecule has 0 unspecified atom stereocenters. The Hall–Kier alpha value is -2.01. The van der Waals surface area contributed by atoms with Gasteiger partial charge in [-0.25, -0.2) is 4.79 Å². The van der Waals surface area contributed by atoms with E-state index in [0.29, 0.717) is 36.7 Å². The molecule has 1 aliphatic carbocycles. The highest BCUT2D eigenvalue weighted by atomic mass is 35.5. The van der Waals surface area contributed by atoms with Crippen molar-refractivity contribution in [3.8, 4) is 0 Å². The number of halogens is 1. The van der Waals surface area contributed by atoms with E-state index in [0.717, 1.165) is 18.4 Å². The number of benzene rings is 1. The highest BCUT2D eigenvalue weighted by molar-refractivity contribution is 6.31.